The van der Waals surface area contributed by atoms with E-state index in [1.165, 1.54) is 0 Å². The summed E-state index contributed by atoms with van der Waals surface area (Å²) in [5.74, 6) is 1.72. The van der Waals surface area contributed by atoms with Crippen molar-refractivity contribution < 1.29 is 0 Å². The second-order valence-electron chi connectivity index (χ2n) is 2.97. The van der Waals surface area contributed by atoms with Gasteiger partial charge in [-0.3, -0.25) is 0 Å². The third kappa shape index (κ3) is 3.38. The molecule has 4 heteroatoms. The number of nitrogens with zero attached hydrogens (tertiary/aromatic N) is 2. The minimum absolute atomic E-state index is 0.812. The summed E-state index contributed by atoms with van der Waals surface area (Å²) < 4.78 is 0. The first kappa shape index (κ1) is 9.92. The fraction of sp³-hybridized carbons (Fsp3) is 0.556. The maximum absolute atomic E-state index is 4.26. The highest BCUT2D eigenvalue weighted by Crippen LogP contribution is 2.04. The number of nitrogens with one attached hydrogen (secondary N) is 2. The second-order valence-corrected chi connectivity index (χ2v) is 2.97. The molecular formula is C9H16N4. The van der Waals surface area contributed by atoms with Crippen molar-refractivity contribution in [1.29, 1.82) is 0 Å². The minimum atomic E-state index is 0.812. The van der Waals surface area contributed by atoms with Gasteiger partial charge in [-0.05, 0) is 20.9 Å². The maximum Gasteiger partial charge on any atom is 0.129 e. The highest BCUT2D eigenvalue weighted by molar-refractivity contribution is 5.35. The molecule has 0 saturated carbocycles. The average Bonchev–Trinajstić information content (AvgIpc) is 2.03. The van der Waals surface area contributed by atoms with Crippen LogP contribution in [0.5, 0.6) is 0 Å². The van der Waals surface area contributed by atoms with Gasteiger partial charge in [-0.25, -0.2) is 9.97 Å². The lowest BCUT2D eigenvalue weighted by Crippen LogP contribution is -2.18. The first-order valence-corrected chi connectivity index (χ1v) is 4.43. The van der Waals surface area contributed by atoms with Gasteiger partial charge >= 0.3 is 0 Å². The highest BCUT2D eigenvalue weighted by Gasteiger charge is 1.96. The van der Waals surface area contributed by atoms with E-state index in [1.54, 1.807) is 0 Å². The van der Waals surface area contributed by atoms with Gasteiger partial charge in [-0.2, -0.15) is 0 Å². The Morgan fingerprint density at radius 3 is 2.62 bits per heavy atom. The third-order valence-corrected chi connectivity index (χ3v) is 1.65. The molecule has 1 aromatic heterocycles. The van der Waals surface area contributed by atoms with Crippen LogP contribution in [-0.4, -0.2) is 30.1 Å². The van der Waals surface area contributed by atoms with E-state index < -0.39 is 0 Å². The Hall–Kier alpha value is -1.16. The Morgan fingerprint density at radius 2 is 2.00 bits per heavy atom. The van der Waals surface area contributed by atoms with Crippen LogP contribution < -0.4 is 10.6 Å². The lowest BCUT2D eigenvalue weighted by atomic mass is 10.4. The normalized spacial score (nSPS) is 10.1. The van der Waals surface area contributed by atoms with Crippen molar-refractivity contribution >= 4 is 5.82 Å². The quantitative estimate of drug-likeness (QED) is 0.670. The Bertz CT molecular complexity index is 252. The van der Waals surface area contributed by atoms with Gasteiger partial charge in [-0.15, -0.1) is 0 Å². The van der Waals surface area contributed by atoms with Gasteiger partial charge in [0.2, 0.25) is 0 Å². The topological polar surface area (TPSA) is 49.8 Å². The summed E-state index contributed by atoms with van der Waals surface area (Å²) in [6.07, 6.45) is 0. The van der Waals surface area contributed by atoms with Crippen LogP contribution in [0, 0.1) is 13.8 Å². The first-order chi connectivity index (χ1) is 6.22. The van der Waals surface area contributed by atoms with Gasteiger partial charge < -0.3 is 10.6 Å². The SMILES string of the molecule is CNCCNc1cc(C)nc(C)n1. The standard InChI is InChI=1S/C9H16N4/c1-7-6-9(11-5-4-10-3)13-8(2)12-7/h6,10H,4-5H2,1-3H3,(H,11,12,13). The fourth-order valence-electron chi connectivity index (χ4n) is 1.12. The second kappa shape index (κ2) is 4.77. The Balaban J connectivity index is 2.56. The van der Waals surface area contributed by atoms with Crippen LogP contribution >= 0.6 is 0 Å². The molecule has 2 N–H and O–H groups in total. The van der Waals surface area contributed by atoms with Crippen molar-refractivity contribution in [2.24, 2.45) is 0 Å². The number of hydrogen-bond acceptors (Lipinski definition) is 4. The van der Waals surface area contributed by atoms with E-state index in [1.807, 2.05) is 27.0 Å². The molecule has 0 bridgehead atoms. The minimum Gasteiger partial charge on any atom is -0.369 e. The van der Waals surface area contributed by atoms with E-state index in [0.717, 1.165) is 30.4 Å². The van der Waals surface area contributed by atoms with Crippen LogP contribution in [0.4, 0.5) is 5.82 Å². The zero-order chi connectivity index (χ0) is 9.68. The summed E-state index contributed by atoms with van der Waals surface area (Å²) in [5.41, 5.74) is 0.999. The van der Waals surface area contributed by atoms with Gasteiger partial charge in [-0.1, -0.05) is 0 Å². The molecule has 1 heterocycles. The monoisotopic (exact) mass is 180 g/mol. The molecule has 13 heavy (non-hydrogen) atoms. The summed E-state index contributed by atoms with van der Waals surface area (Å²) >= 11 is 0. The number of anilines is 1. The van der Waals surface area contributed by atoms with Gasteiger partial charge in [0.25, 0.3) is 0 Å². The van der Waals surface area contributed by atoms with Crippen LogP contribution in [0.15, 0.2) is 6.07 Å². The van der Waals surface area contributed by atoms with Crippen LogP contribution in [0.2, 0.25) is 0 Å². The van der Waals surface area contributed by atoms with Gasteiger partial charge in [0.05, 0.1) is 0 Å². The molecular weight excluding hydrogens is 164 g/mol. The van der Waals surface area contributed by atoms with Gasteiger partial charge in [0.15, 0.2) is 0 Å². The summed E-state index contributed by atoms with van der Waals surface area (Å²) in [6.45, 7) is 5.68. The first-order valence-electron chi connectivity index (χ1n) is 4.43. The van der Waals surface area contributed by atoms with E-state index in [2.05, 4.69) is 20.6 Å². The molecule has 0 aliphatic carbocycles. The predicted octanol–water partition coefficient (Wildman–Crippen LogP) is 0.725. The molecule has 0 atom stereocenters. The van der Waals surface area contributed by atoms with Crippen molar-refractivity contribution in [2.75, 3.05) is 25.5 Å². The zero-order valence-corrected chi connectivity index (χ0v) is 8.39. The lowest BCUT2D eigenvalue weighted by Gasteiger charge is -2.06. The van der Waals surface area contributed by atoms with E-state index in [9.17, 15) is 0 Å². The molecule has 1 rings (SSSR count). The van der Waals surface area contributed by atoms with Crippen LogP contribution in [-0.2, 0) is 0 Å². The number of rotatable bonds is 4. The lowest BCUT2D eigenvalue weighted by molar-refractivity contribution is 0.819. The predicted molar refractivity (Wildman–Crippen MR) is 53.9 cm³/mol. The third-order valence-electron chi connectivity index (χ3n) is 1.65. The van der Waals surface area contributed by atoms with Crippen LogP contribution in [0.3, 0.4) is 0 Å². The summed E-state index contributed by atoms with van der Waals surface area (Å²) in [7, 11) is 1.93. The fourth-order valence-corrected chi connectivity index (χ4v) is 1.12. The molecule has 0 fully saturated rings. The van der Waals surface area contributed by atoms with Crippen molar-refractivity contribution in [3.05, 3.63) is 17.6 Å². The zero-order valence-electron chi connectivity index (χ0n) is 8.39. The average molecular weight is 180 g/mol. The Morgan fingerprint density at radius 1 is 1.23 bits per heavy atom. The molecule has 0 aliphatic heterocycles. The molecule has 0 unspecified atom stereocenters. The van der Waals surface area contributed by atoms with E-state index in [-0.39, 0.29) is 0 Å². The number of aromatic nitrogens is 2. The van der Waals surface area contributed by atoms with E-state index >= 15 is 0 Å². The smallest absolute Gasteiger partial charge is 0.129 e. The van der Waals surface area contributed by atoms with Gasteiger partial charge in [0, 0.05) is 24.8 Å². The Labute approximate surface area is 78.8 Å². The summed E-state index contributed by atoms with van der Waals surface area (Å²) in [5, 5.41) is 6.27. The molecule has 4 nitrogen and oxygen atoms in total. The molecule has 1 aromatic rings. The van der Waals surface area contributed by atoms with Crippen LogP contribution in [0.1, 0.15) is 11.5 Å². The van der Waals surface area contributed by atoms with E-state index in [4.69, 9.17) is 0 Å². The number of aryl methyl sites for hydroxylation is 2. The summed E-state index contributed by atoms with van der Waals surface area (Å²) in [4.78, 5) is 8.45. The van der Waals surface area contributed by atoms with Crippen molar-refractivity contribution in [3.8, 4) is 0 Å². The highest BCUT2D eigenvalue weighted by atomic mass is 15.0. The molecule has 0 spiro atoms. The largest absolute Gasteiger partial charge is 0.369 e. The molecule has 0 saturated heterocycles. The van der Waals surface area contributed by atoms with E-state index in [0.29, 0.717) is 0 Å². The van der Waals surface area contributed by atoms with Gasteiger partial charge in [0.1, 0.15) is 11.6 Å². The molecule has 0 aromatic carbocycles. The molecule has 72 valence electrons. The molecule has 0 aliphatic rings. The number of likely N-dealkylation sites (N-methyl/N-ethyl adjacent to an activating group) is 1. The molecule has 0 amide bonds. The molecule has 0 radical (unpaired) electrons. The number of hydrogen-bond donors (Lipinski definition) is 2. The van der Waals surface area contributed by atoms with Crippen LogP contribution in [0.25, 0.3) is 0 Å². The van der Waals surface area contributed by atoms with Crippen molar-refractivity contribution in [2.45, 2.75) is 13.8 Å². The Kier molecular flexibility index (Phi) is 3.64. The maximum atomic E-state index is 4.26. The summed E-state index contributed by atoms with van der Waals surface area (Å²) in [6, 6.07) is 1.95. The van der Waals surface area contributed by atoms with Crippen molar-refractivity contribution in [3.63, 3.8) is 0 Å². The van der Waals surface area contributed by atoms with Crippen molar-refractivity contribution in [1.82, 2.24) is 15.3 Å².